The summed E-state index contributed by atoms with van der Waals surface area (Å²) in [5, 5.41) is 18.5. The Morgan fingerprint density at radius 1 is 1.45 bits per heavy atom. The summed E-state index contributed by atoms with van der Waals surface area (Å²) in [4.78, 5) is 0. The van der Waals surface area contributed by atoms with Crippen molar-refractivity contribution in [1.82, 2.24) is 0 Å². The highest BCUT2D eigenvalue weighted by Crippen LogP contribution is 2.28. The highest BCUT2D eigenvalue weighted by atomic mass is 35.5. The van der Waals surface area contributed by atoms with Crippen LogP contribution in [0, 0.1) is 0 Å². The Morgan fingerprint density at radius 3 is 2.18 bits per heavy atom. The van der Waals surface area contributed by atoms with E-state index in [0.29, 0.717) is 12.8 Å². The van der Waals surface area contributed by atoms with Crippen molar-refractivity contribution in [3.8, 4) is 0 Å². The minimum atomic E-state index is -0.972. The number of aliphatic hydroxyl groups is 2. The van der Waals surface area contributed by atoms with E-state index in [-0.39, 0.29) is 31.4 Å². The molecule has 0 radical (unpaired) electrons. The maximum Gasteiger partial charge on any atom is 0.103 e. The highest BCUT2D eigenvalue weighted by molar-refractivity contribution is 5.85. The molecule has 0 heterocycles. The standard InChI is InChI=1S/C6H13NO2.2ClH/c7-4-6(9)3-1-2-5(6)8;;/h5,8-9H,1-4,7H2;2*1H. The van der Waals surface area contributed by atoms with Crippen LogP contribution in [-0.2, 0) is 0 Å². The molecule has 0 aliphatic heterocycles. The molecule has 0 bridgehead atoms. The molecule has 5 heteroatoms. The van der Waals surface area contributed by atoms with Crippen molar-refractivity contribution in [2.75, 3.05) is 6.54 Å². The zero-order valence-corrected chi connectivity index (χ0v) is 7.83. The van der Waals surface area contributed by atoms with Crippen molar-refractivity contribution in [1.29, 1.82) is 0 Å². The molecule has 2 unspecified atom stereocenters. The van der Waals surface area contributed by atoms with Gasteiger partial charge in [-0.05, 0) is 19.3 Å². The van der Waals surface area contributed by atoms with E-state index in [1.807, 2.05) is 0 Å². The molecule has 0 amide bonds. The fourth-order valence-electron chi connectivity index (χ4n) is 1.27. The van der Waals surface area contributed by atoms with Gasteiger partial charge in [-0.2, -0.15) is 0 Å². The topological polar surface area (TPSA) is 66.5 Å². The Morgan fingerprint density at radius 2 is 2.00 bits per heavy atom. The molecule has 4 N–H and O–H groups in total. The molecule has 1 rings (SSSR count). The van der Waals surface area contributed by atoms with Crippen molar-refractivity contribution >= 4 is 24.8 Å². The first-order valence-electron chi connectivity index (χ1n) is 3.29. The van der Waals surface area contributed by atoms with Crippen molar-refractivity contribution < 1.29 is 10.2 Å². The number of nitrogens with two attached hydrogens (primary N) is 1. The Bertz CT molecular complexity index is 115. The molecule has 3 nitrogen and oxygen atoms in total. The van der Waals surface area contributed by atoms with E-state index in [1.165, 1.54) is 0 Å². The predicted molar refractivity (Wildman–Crippen MR) is 48.4 cm³/mol. The third kappa shape index (κ3) is 2.76. The maximum absolute atomic E-state index is 9.39. The summed E-state index contributed by atoms with van der Waals surface area (Å²) in [5.74, 6) is 0. The average Bonchev–Trinajstić information content (AvgIpc) is 2.15. The van der Waals surface area contributed by atoms with Gasteiger partial charge >= 0.3 is 0 Å². The van der Waals surface area contributed by atoms with Crippen LogP contribution in [0.25, 0.3) is 0 Å². The van der Waals surface area contributed by atoms with Crippen LogP contribution in [0.5, 0.6) is 0 Å². The van der Waals surface area contributed by atoms with Gasteiger partial charge in [0, 0.05) is 6.54 Å². The first-order valence-corrected chi connectivity index (χ1v) is 3.29. The molecule has 0 aromatic heterocycles. The van der Waals surface area contributed by atoms with Crippen molar-refractivity contribution in [3.63, 3.8) is 0 Å². The highest BCUT2D eigenvalue weighted by Gasteiger charge is 2.38. The lowest BCUT2D eigenvalue weighted by molar-refractivity contribution is -0.0454. The average molecular weight is 204 g/mol. The summed E-state index contributed by atoms with van der Waals surface area (Å²) in [7, 11) is 0. The van der Waals surface area contributed by atoms with E-state index in [9.17, 15) is 5.11 Å². The summed E-state index contributed by atoms with van der Waals surface area (Å²) in [6.07, 6.45) is 1.62. The second-order valence-electron chi connectivity index (χ2n) is 2.72. The van der Waals surface area contributed by atoms with Gasteiger partial charge in [0.1, 0.15) is 5.60 Å². The predicted octanol–water partition coefficient (Wildman–Crippen LogP) is 0.0646. The smallest absolute Gasteiger partial charge is 0.103 e. The minimum absolute atomic E-state index is 0. The molecule has 1 fully saturated rings. The molecule has 2 atom stereocenters. The number of halogens is 2. The summed E-state index contributed by atoms with van der Waals surface area (Å²) in [5.41, 5.74) is 4.28. The van der Waals surface area contributed by atoms with Gasteiger partial charge in [0.15, 0.2) is 0 Å². The molecule has 1 saturated carbocycles. The van der Waals surface area contributed by atoms with Crippen LogP contribution in [0.4, 0.5) is 0 Å². The molecule has 0 aromatic rings. The molecule has 0 spiro atoms. The van der Waals surface area contributed by atoms with Gasteiger partial charge in [0.2, 0.25) is 0 Å². The second kappa shape index (κ2) is 5.17. The van der Waals surface area contributed by atoms with Gasteiger partial charge in [-0.1, -0.05) is 0 Å². The van der Waals surface area contributed by atoms with E-state index in [1.54, 1.807) is 0 Å². The largest absolute Gasteiger partial charge is 0.390 e. The van der Waals surface area contributed by atoms with Crippen LogP contribution in [0.1, 0.15) is 19.3 Å². The van der Waals surface area contributed by atoms with Gasteiger partial charge in [-0.25, -0.2) is 0 Å². The third-order valence-electron chi connectivity index (χ3n) is 2.06. The monoisotopic (exact) mass is 203 g/mol. The van der Waals surface area contributed by atoms with Crippen LogP contribution in [0.3, 0.4) is 0 Å². The Hall–Kier alpha value is 0.460. The first-order chi connectivity index (χ1) is 4.19. The summed E-state index contributed by atoms with van der Waals surface area (Å²) < 4.78 is 0. The fraction of sp³-hybridized carbons (Fsp3) is 1.00. The van der Waals surface area contributed by atoms with E-state index in [0.717, 1.165) is 6.42 Å². The lowest BCUT2D eigenvalue weighted by atomic mass is 10.0. The van der Waals surface area contributed by atoms with E-state index < -0.39 is 11.7 Å². The fourth-order valence-corrected chi connectivity index (χ4v) is 1.27. The van der Waals surface area contributed by atoms with Gasteiger partial charge in [0.05, 0.1) is 6.10 Å². The SMILES string of the molecule is Cl.Cl.NCC1(O)CCCC1O. The quantitative estimate of drug-likeness (QED) is 0.566. The van der Waals surface area contributed by atoms with Gasteiger partial charge in [-0.3, -0.25) is 0 Å². The van der Waals surface area contributed by atoms with Gasteiger partial charge in [-0.15, -0.1) is 24.8 Å². The summed E-state index contributed by atoms with van der Waals surface area (Å²) >= 11 is 0. The summed E-state index contributed by atoms with van der Waals surface area (Å²) in [6.45, 7) is 0.175. The lowest BCUT2D eigenvalue weighted by Crippen LogP contribution is -2.44. The first kappa shape index (κ1) is 14.0. The molecule has 1 aliphatic carbocycles. The minimum Gasteiger partial charge on any atom is -0.390 e. The number of rotatable bonds is 1. The number of hydrogen-bond donors (Lipinski definition) is 3. The normalized spacial score (nSPS) is 35.7. The second-order valence-corrected chi connectivity index (χ2v) is 2.72. The van der Waals surface area contributed by atoms with Crippen molar-refractivity contribution in [2.45, 2.75) is 31.0 Å². The van der Waals surface area contributed by atoms with Crippen LogP contribution in [0.2, 0.25) is 0 Å². The third-order valence-corrected chi connectivity index (χ3v) is 2.06. The molecular formula is C6H15Cl2NO2. The van der Waals surface area contributed by atoms with Crippen LogP contribution < -0.4 is 5.73 Å². The van der Waals surface area contributed by atoms with Crippen molar-refractivity contribution in [2.24, 2.45) is 5.73 Å². The van der Waals surface area contributed by atoms with E-state index in [4.69, 9.17) is 10.8 Å². The van der Waals surface area contributed by atoms with Gasteiger partial charge < -0.3 is 15.9 Å². The molecule has 0 saturated heterocycles. The van der Waals surface area contributed by atoms with E-state index in [2.05, 4.69) is 0 Å². The Labute approximate surface area is 78.8 Å². The van der Waals surface area contributed by atoms with Crippen LogP contribution in [-0.4, -0.2) is 28.5 Å². The zero-order chi connectivity index (χ0) is 6.91. The molecule has 0 aromatic carbocycles. The van der Waals surface area contributed by atoms with Crippen molar-refractivity contribution in [3.05, 3.63) is 0 Å². The van der Waals surface area contributed by atoms with Crippen LogP contribution >= 0.6 is 24.8 Å². The number of aliphatic hydroxyl groups excluding tert-OH is 1. The molecule has 11 heavy (non-hydrogen) atoms. The van der Waals surface area contributed by atoms with Gasteiger partial charge in [0.25, 0.3) is 0 Å². The molecule has 1 aliphatic rings. The zero-order valence-electron chi connectivity index (χ0n) is 6.19. The molecule has 70 valence electrons. The Balaban J connectivity index is 0. The maximum atomic E-state index is 9.39. The number of hydrogen-bond acceptors (Lipinski definition) is 3. The Kier molecular flexibility index (Phi) is 6.58. The van der Waals surface area contributed by atoms with Crippen LogP contribution in [0.15, 0.2) is 0 Å². The lowest BCUT2D eigenvalue weighted by Gasteiger charge is -2.23. The molecular weight excluding hydrogens is 189 g/mol. The van der Waals surface area contributed by atoms with E-state index >= 15 is 0 Å². The summed E-state index contributed by atoms with van der Waals surface area (Å²) in [6, 6.07) is 0.